The maximum Gasteiger partial charge on any atom is 0.222 e. The maximum absolute atomic E-state index is 5.96. The second-order valence-corrected chi connectivity index (χ2v) is 9.79. The lowest BCUT2D eigenvalue weighted by Crippen LogP contribution is -2.41. The average molecular weight is 417 g/mol. The van der Waals surface area contributed by atoms with Gasteiger partial charge >= 0.3 is 0 Å². The molecule has 4 heteroatoms. The average Bonchev–Trinajstić information content (AvgIpc) is 2.73. The number of hydrogen-bond donors (Lipinski definition) is 0. The molecule has 1 aromatic heterocycles. The van der Waals surface area contributed by atoms with Crippen molar-refractivity contribution in [1.82, 2.24) is 9.97 Å². The van der Waals surface area contributed by atoms with Gasteiger partial charge in [0.2, 0.25) is 5.88 Å². The Hall–Kier alpha value is -2.88. The molecule has 2 unspecified atom stereocenters. The number of hydrogen-bond acceptors (Lipinski definition) is 4. The summed E-state index contributed by atoms with van der Waals surface area (Å²) >= 11 is 0. The molecule has 162 valence electrons. The number of aromatic nitrogens is 2. The molecular formula is C27H32N2O2. The number of methoxy groups -OCH3 is 1. The van der Waals surface area contributed by atoms with Crippen molar-refractivity contribution in [1.29, 1.82) is 0 Å². The first kappa shape index (κ1) is 21.4. The van der Waals surface area contributed by atoms with Crippen molar-refractivity contribution >= 4 is 0 Å². The first-order valence-electron chi connectivity index (χ1n) is 11.0. The second-order valence-electron chi connectivity index (χ2n) is 9.79. The fourth-order valence-electron chi connectivity index (χ4n) is 5.54. The number of ether oxygens (including phenoxy) is 2. The molecular weight excluding hydrogens is 384 g/mol. The van der Waals surface area contributed by atoms with Crippen LogP contribution >= 0.6 is 0 Å². The normalized spacial score (nSPS) is 22.7. The van der Waals surface area contributed by atoms with E-state index >= 15 is 0 Å². The fraction of sp³-hybridized carbons (Fsp3) is 0.407. The predicted molar refractivity (Wildman–Crippen MR) is 124 cm³/mol. The zero-order valence-corrected chi connectivity index (χ0v) is 19.2. The number of aryl methyl sites for hydroxylation is 1. The Morgan fingerprint density at radius 3 is 2.03 bits per heavy atom. The monoisotopic (exact) mass is 416 g/mol. The summed E-state index contributed by atoms with van der Waals surface area (Å²) in [6.07, 6.45) is 5.03. The van der Waals surface area contributed by atoms with Crippen molar-refractivity contribution in [3.63, 3.8) is 0 Å². The summed E-state index contributed by atoms with van der Waals surface area (Å²) < 4.78 is 11.4. The Labute approximate surface area is 185 Å². The SMILES string of the molecule is COc1ccc(C2(c3ccc(Oc4cc(C)ncn4)cc3)CC(C)CC(C)(C)C2)cc1. The minimum absolute atomic E-state index is 0.0303. The highest BCUT2D eigenvalue weighted by atomic mass is 16.5. The van der Waals surface area contributed by atoms with Crippen LogP contribution in [0.25, 0.3) is 0 Å². The van der Waals surface area contributed by atoms with Gasteiger partial charge in [0.05, 0.1) is 7.11 Å². The van der Waals surface area contributed by atoms with E-state index in [4.69, 9.17) is 9.47 Å². The van der Waals surface area contributed by atoms with Crippen LogP contribution in [0.2, 0.25) is 0 Å². The molecule has 4 rings (SSSR count). The second kappa shape index (κ2) is 8.33. The molecule has 0 spiro atoms. The van der Waals surface area contributed by atoms with E-state index in [1.165, 1.54) is 23.9 Å². The van der Waals surface area contributed by atoms with Crippen LogP contribution in [0.1, 0.15) is 56.9 Å². The molecule has 1 heterocycles. The zero-order valence-electron chi connectivity index (χ0n) is 19.2. The van der Waals surface area contributed by atoms with Gasteiger partial charge in [-0.25, -0.2) is 9.97 Å². The van der Waals surface area contributed by atoms with E-state index in [9.17, 15) is 0 Å². The van der Waals surface area contributed by atoms with E-state index < -0.39 is 0 Å². The van der Waals surface area contributed by atoms with Crippen molar-refractivity contribution in [3.8, 4) is 17.4 Å². The standard InChI is InChI=1S/C27H32N2O2/c1-19-15-26(3,4)17-27(16-19,21-6-10-23(30-5)11-7-21)22-8-12-24(13-9-22)31-25-14-20(2)28-18-29-25/h6-14,18-19H,15-17H2,1-5H3. The molecule has 3 aromatic rings. The third kappa shape index (κ3) is 4.58. The van der Waals surface area contributed by atoms with Crippen molar-refractivity contribution in [2.75, 3.05) is 7.11 Å². The largest absolute Gasteiger partial charge is 0.497 e. The molecule has 0 amide bonds. The summed E-state index contributed by atoms with van der Waals surface area (Å²) in [7, 11) is 1.72. The van der Waals surface area contributed by atoms with E-state index in [-0.39, 0.29) is 10.8 Å². The lowest BCUT2D eigenvalue weighted by molar-refractivity contribution is 0.127. The van der Waals surface area contributed by atoms with Crippen LogP contribution in [-0.2, 0) is 5.41 Å². The topological polar surface area (TPSA) is 44.2 Å². The van der Waals surface area contributed by atoms with Gasteiger partial charge in [0, 0.05) is 17.2 Å². The van der Waals surface area contributed by atoms with Crippen LogP contribution in [0.15, 0.2) is 60.9 Å². The Morgan fingerprint density at radius 2 is 1.48 bits per heavy atom. The third-order valence-electron chi connectivity index (χ3n) is 6.43. The minimum atomic E-state index is -0.0303. The van der Waals surface area contributed by atoms with E-state index in [1.807, 2.05) is 13.0 Å². The smallest absolute Gasteiger partial charge is 0.222 e. The van der Waals surface area contributed by atoms with Gasteiger partial charge in [-0.05, 0) is 72.9 Å². The summed E-state index contributed by atoms with van der Waals surface area (Å²) in [4.78, 5) is 8.34. The van der Waals surface area contributed by atoms with Crippen LogP contribution in [0.4, 0.5) is 0 Å². The molecule has 2 aromatic carbocycles. The Kier molecular flexibility index (Phi) is 5.74. The van der Waals surface area contributed by atoms with Crippen LogP contribution < -0.4 is 9.47 Å². The van der Waals surface area contributed by atoms with Crippen LogP contribution in [0.3, 0.4) is 0 Å². The summed E-state index contributed by atoms with van der Waals surface area (Å²) in [5, 5.41) is 0. The van der Waals surface area contributed by atoms with Gasteiger partial charge in [0.15, 0.2) is 0 Å². The van der Waals surface area contributed by atoms with Crippen molar-refractivity contribution in [3.05, 3.63) is 77.7 Å². The summed E-state index contributed by atoms with van der Waals surface area (Å²) in [6.45, 7) is 9.11. The molecule has 1 aliphatic carbocycles. The highest BCUT2D eigenvalue weighted by Crippen LogP contribution is 2.53. The molecule has 0 aliphatic heterocycles. The Balaban J connectivity index is 1.71. The van der Waals surface area contributed by atoms with Gasteiger partial charge in [-0.3, -0.25) is 0 Å². The number of rotatable bonds is 5. The molecule has 0 N–H and O–H groups in total. The van der Waals surface area contributed by atoms with Crippen LogP contribution in [-0.4, -0.2) is 17.1 Å². The highest BCUT2D eigenvalue weighted by molar-refractivity contribution is 5.45. The molecule has 0 saturated heterocycles. The molecule has 31 heavy (non-hydrogen) atoms. The summed E-state index contributed by atoms with van der Waals surface area (Å²) in [5.74, 6) is 2.89. The van der Waals surface area contributed by atoms with Crippen LogP contribution in [0, 0.1) is 18.3 Å². The molecule has 2 atom stereocenters. The number of nitrogens with zero attached hydrogens (tertiary/aromatic N) is 2. The van der Waals surface area contributed by atoms with E-state index in [2.05, 4.69) is 79.3 Å². The van der Waals surface area contributed by atoms with Gasteiger partial charge in [-0.15, -0.1) is 0 Å². The summed E-state index contributed by atoms with van der Waals surface area (Å²) in [6, 6.07) is 19.1. The highest BCUT2D eigenvalue weighted by Gasteiger charge is 2.45. The van der Waals surface area contributed by atoms with Crippen molar-refractivity contribution in [2.45, 2.75) is 52.4 Å². The fourth-order valence-corrected chi connectivity index (χ4v) is 5.54. The van der Waals surface area contributed by atoms with Gasteiger partial charge in [-0.2, -0.15) is 0 Å². The Morgan fingerprint density at radius 1 is 0.871 bits per heavy atom. The first-order valence-corrected chi connectivity index (χ1v) is 11.0. The quantitative estimate of drug-likeness (QED) is 0.463. The molecule has 1 aliphatic rings. The number of benzene rings is 2. The Bertz CT molecular complexity index is 1030. The van der Waals surface area contributed by atoms with E-state index in [0.717, 1.165) is 30.0 Å². The molecule has 0 radical (unpaired) electrons. The lowest BCUT2D eigenvalue weighted by Gasteiger charge is -2.48. The zero-order chi connectivity index (χ0) is 22.1. The lowest BCUT2D eigenvalue weighted by atomic mass is 9.55. The molecule has 1 saturated carbocycles. The van der Waals surface area contributed by atoms with Crippen molar-refractivity contribution in [2.24, 2.45) is 11.3 Å². The molecule has 4 nitrogen and oxygen atoms in total. The molecule has 0 bridgehead atoms. The van der Waals surface area contributed by atoms with E-state index in [0.29, 0.717) is 11.8 Å². The van der Waals surface area contributed by atoms with Gasteiger partial charge < -0.3 is 9.47 Å². The molecule has 1 fully saturated rings. The summed E-state index contributed by atoms with van der Waals surface area (Å²) in [5.41, 5.74) is 3.82. The maximum atomic E-state index is 5.96. The van der Waals surface area contributed by atoms with Gasteiger partial charge in [0.1, 0.15) is 17.8 Å². The van der Waals surface area contributed by atoms with Gasteiger partial charge in [-0.1, -0.05) is 45.0 Å². The third-order valence-corrected chi connectivity index (χ3v) is 6.43. The first-order chi connectivity index (χ1) is 14.8. The van der Waals surface area contributed by atoms with E-state index in [1.54, 1.807) is 7.11 Å². The van der Waals surface area contributed by atoms with Gasteiger partial charge in [0.25, 0.3) is 0 Å². The minimum Gasteiger partial charge on any atom is -0.497 e. The predicted octanol–water partition coefficient (Wildman–Crippen LogP) is 6.72. The van der Waals surface area contributed by atoms with Crippen molar-refractivity contribution < 1.29 is 9.47 Å². The van der Waals surface area contributed by atoms with Crippen LogP contribution in [0.5, 0.6) is 17.4 Å².